The molecule has 1 N–H and O–H groups in total. The Hall–Kier alpha value is -2.68. The van der Waals surface area contributed by atoms with E-state index in [9.17, 15) is 14.4 Å². The predicted octanol–water partition coefficient (Wildman–Crippen LogP) is 4.70. The lowest BCUT2D eigenvalue weighted by molar-refractivity contribution is -0.123. The molecule has 0 radical (unpaired) electrons. The third kappa shape index (κ3) is 4.05. The number of nitrogens with one attached hydrogen (secondary N) is 1. The Kier molecular flexibility index (Phi) is 6.37. The predicted molar refractivity (Wildman–Crippen MR) is 133 cm³/mol. The minimum Gasteiger partial charge on any atom is -0.324 e. The molecule has 164 valence electrons. The molecule has 0 spiro atoms. The van der Waals surface area contributed by atoms with E-state index in [1.165, 1.54) is 4.90 Å². The van der Waals surface area contributed by atoms with Gasteiger partial charge in [0, 0.05) is 22.3 Å². The minimum atomic E-state index is -0.392. The molecule has 9 heteroatoms. The van der Waals surface area contributed by atoms with Gasteiger partial charge in [-0.25, -0.2) is 0 Å². The first-order chi connectivity index (χ1) is 15.3. The van der Waals surface area contributed by atoms with Gasteiger partial charge in [0.05, 0.1) is 16.2 Å². The zero-order valence-electron chi connectivity index (χ0n) is 17.4. The number of thioether (sulfide) groups is 1. The molecule has 0 aliphatic carbocycles. The SMILES string of the molecule is CCC(C)N1C(=O)C(=C2C(=O)N(CC(=O)Nc3cccc(Cl)c3)c3ccccc32)SC1=S. The van der Waals surface area contributed by atoms with Gasteiger partial charge in [0.25, 0.3) is 11.8 Å². The summed E-state index contributed by atoms with van der Waals surface area (Å²) in [6.07, 6.45) is 0.745. The first-order valence-corrected chi connectivity index (χ1v) is 11.7. The fourth-order valence-corrected chi connectivity index (χ4v) is 5.38. The van der Waals surface area contributed by atoms with Gasteiger partial charge in [-0.05, 0) is 37.6 Å². The number of benzene rings is 2. The van der Waals surface area contributed by atoms with Crippen molar-refractivity contribution in [3.05, 3.63) is 64.0 Å². The number of halogens is 1. The molecule has 0 aromatic heterocycles. The molecule has 1 fully saturated rings. The van der Waals surface area contributed by atoms with Crippen LogP contribution in [-0.4, -0.2) is 39.5 Å². The highest BCUT2D eigenvalue weighted by atomic mass is 35.5. The zero-order valence-corrected chi connectivity index (χ0v) is 19.8. The van der Waals surface area contributed by atoms with E-state index in [1.807, 2.05) is 13.8 Å². The second-order valence-electron chi connectivity index (χ2n) is 7.47. The lowest BCUT2D eigenvalue weighted by Crippen LogP contribution is -2.37. The lowest BCUT2D eigenvalue weighted by Gasteiger charge is -2.21. The van der Waals surface area contributed by atoms with Crippen LogP contribution in [0, 0.1) is 0 Å². The highest BCUT2D eigenvalue weighted by Gasteiger charge is 2.43. The average molecular weight is 486 g/mol. The minimum absolute atomic E-state index is 0.0630. The average Bonchev–Trinajstić information content (AvgIpc) is 3.20. The molecule has 2 aliphatic heterocycles. The highest BCUT2D eigenvalue weighted by molar-refractivity contribution is 8.26. The summed E-state index contributed by atoms with van der Waals surface area (Å²) < 4.78 is 0.439. The third-order valence-electron chi connectivity index (χ3n) is 5.39. The summed E-state index contributed by atoms with van der Waals surface area (Å²) in [6.45, 7) is 3.71. The summed E-state index contributed by atoms with van der Waals surface area (Å²) in [5.41, 5.74) is 2.04. The van der Waals surface area contributed by atoms with Crippen LogP contribution in [0.1, 0.15) is 25.8 Å². The van der Waals surface area contributed by atoms with Crippen molar-refractivity contribution in [2.75, 3.05) is 16.8 Å². The summed E-state index contributed by atoms with van der Waals surface area (Å²) in [6, 6.07) is 13.9. The number of nitrogens with zero attached hydrogens (tertiary/aromatic N) is 2. The van der Waals surface area contributed by atoms with E-state index in [1.54, 1.807) is 53.4 Å². The lowest BCUT2D eigenvalue weighted by atomic mass is 10.1. The Morgan fingerprint density at radius 2 is 1.91 bits per heavy atom. The smallest absolute Gasteiger partial charge is 0.267 e. The molecule has 32 heavy (non-hydrogen) atoms. The van der Waals surface area contributed by atoms with Gasteiger partial charge in [-0.2, -0.15) is 0 Å². The molecule has 2 heterocycles. The quantitative estimate of drug-likeness (QED) is 0.491. The molecule has 3 amide bonds. The molecule has 1 saturated heterocycles. The van der Waals surface area contributed by atoms with E-state index >= 15 is 0 Å². The Labute approximate surface area is 200 Å². The molecule has 2 aromatic carbocycles. The zero-order chi connectivity index (χ0) is 23.0. The van der Waals surface area contributed by atoms with E-state index in [0.29, 0.717) is 36.8 Å². The van der Waals surface area contributed by atoms with Crippen LogP contribution in [0.5, 0.6) is 0 Å². The Morgan fingerprint density at radius 3 is 2.62 bits per heavy atom. The number of rotatable bonds is 5. The maximum Gasteiger partial charge on any atom is 0.267 e. The van der Waals surface area contributed by atoms with Crippen LogP contribution < -0.4 is 10.2 Å². The van der Waals surface area contributed by atoms with E-state index in [2.05, 4.69) is 5.32 Å². The molecule has 1 atom stereocenters. The third-order valence-corrected chi connectivity index (χ3v) is 7.03. The Morgan fingerprint density at radius 1 is 1.16 bits per heavy atom. The van der Waals surface area contributed by atoms with Crippen molar-refractivity contribution in [2.45, 2.75) is 26.3 Å². The van der Waals surface area contributed by atoms with Crippen molar-refractivity contribution < 1.29 is 14.4 Å². The summed E-state index contributed by atoms with van der Waals surface area (Å²) in [4.78, 5) is 42.5. The maximum atomic E-state index is 13.4. The topological polar surface area (TPSA) is 69.7 Å². The van der Waals surface area contributed by atoms with Crippen LogP contribution in [0.15, 0.2) is 53.4 Å². The van der Waals surface area contributed by atoms with Gasteiger partial charge in [0.2, 0.25) is 5.91 Å². The van der Waals surface area contributed by atoms with E-state index in [4.69, 9.17) is 23.8 Å². The summed E-state index contributed by atoms with van der Waals surface area (Å²) in [5, 5.41) is 3.25. The number of thiocarbonyl (C=S) groups is 1. The van der Waals surface area contributed by atoms with Gasteiger partial charge in [-0.3, -0.25) is 24.2 Å². The second-order valence-corrected chi connectivity index (χ2v) is 9.55. The number of para-hydroxylation sites is 1. The van der Waals surface area contributed by atoms with Crippen molar-refractivity contribution in [3.8, 4) is 0 Å². The second kappa shape index (κ2) is 9.05. The van der Waals surface area contributed by atoms with Gasteiger partial charge in [0.1, 0.15) is 10.9 Å². The van der Waals surface area contributed by atoms with Crippen LogP contribution in [0.4, 0.5) is 11.4 Å². The van der Waals surface area contributed by atoms with Gasteiger partial charge in [-0.1, -0.05) is 66.8 Å². The number of hydrogen-bond acceptors (Lipinski definition) is 5. The molecular formula is C23H20ClN3O3S2. The van der Waals surface area contributed by atoms with E-state index in [-0.39, 0.29) is 24.4 Å². The van der Waals surface area contributed by atoms with Crippen molar-refractivity contribution in [1.29, 1.82) is 0 Å². The molecule has 0 saturated carbocycles. The maximum absolute atomic E-state index is 13.4. The number of anilines is 2. The molecule has 1 unspecified atom stereocenters. The van der Waals surface area contributed by atoms with E-state index in [0.717, 1.165) is 18.2 Å². The Bertz CT molecular complexity index is 1180. The van der Waals surface area contributed by atoms with Crippen LogP contribution in [0.2, 0.25) is 5.02 Å². The molecule has 2 aliphatic rings. The van der Waals surface area contributed by atoms with Gasteiger partial charge in [0.15, 0.2) is 0 Å². The largest absolute Gasteiger partial charge is 0.324 e. The standard InChI is InChI=1S/C23H20ClN3O3S2/c1-3-13(2)27-22(30)20(32-23(27)31)19-16-9-4-5-10-17(16)26(21(19)29)12-18(28)25-15-8-6-7-14(24)11-15/h4-11,13H,3,12H2,1-2H3,(H,25,28). The summed E-state index contributed by atoms with van der Waals surface area (Å²) in [5.74, 6) is -1.03. The van der Waals surface area contributed by atoms with Crippen molar-refractivity contribution >= 4 is 74.6 Å². The number of hydrogen-bond donors (Lipinski definition) is 1. The number of amides is 3. The van der Waals surface area contributed by atoms with Gasteiger partial charge < -0.3 is 5.32 Å². The summed E-state index contributed by atoms with van der Waals surface area (Å²) >= 11 is 12.5. The van der Waals surface area contributed by atoms with E-state index < -0.39 is 5.91 Å². The van der Waals surface area contributed by atoms with Crippen LogP contribution in [-0.2, 0) is 14.4 Å². The van der Waals surface area contributed by atoms with Crippen molar-refractivity contribution in [3.63, 3.8) is 0 Å². The molecular weight excluding hydrogens is 466 g/mol. The van der Waals surface area contributed by atoms with Crippen molar-refractivity contribution in [1.82, 2.24) is 4.90 Å². The molecule has 0 bridgehead atoms. The molecule has 2 aromatic rings. The number of carbonyl (C=O) groups is 3. The normalized spacial score (nSPS) is 18.9. The number of fused-ring (bicyclic) bond motifs is 1. The van der Waals surface area contributed by atoms with Crippen LogP contribution >= 0.6 is 35.6 Å². The first-order valence-electron chi connectivity index (χ1n) is 10.1. The molecule has 4 rings (SSSR count). The number of carbonyl (C=O) groups excluding carboxylic acids is 3. The monoisotopic (exact) mass is 485 g/mol. The fourth-order valence-electron chi connectivity index (χ4n) is 3.66. The van der Waals surface area contributed by atoms with Gasteiger partial charge >= 0.3 is 0 Å². The van der Waals surface area contributed by atoms with Crippen LogP contribution in [0.25, 0.3) is 5.57 Å². The summed E-state index contributed by atoms with van der Waals surface area (Å²) in [7, 11) is 0. The Balaban J connectivity index is 1.66. The van der Waals surface area contributed by atoms with Crippen LogP contribution in [0.3, 0.4) is 0 Å². The highest BCUT2D eigenvalue weighted by Crippen LogP contribution is 2.45. The fraction of sp³-hybridized carbons (Fsp3) is 0.217. The van der Waals surface area contributed by atoms with Gasteiger partial charge in [-0.15, -0.1) is 0 Å². The van der Waals surface area contributed by atoms with Crippen molar-refractivity contribution in [2.24, 2.45) is 0 Å². The first kappa shape index (κ1) is 22.5. The molecule has 6 nitrogen and oxygen atoms in total.